The highest BCUT2D eigenvalue weighted by molar-refractivity contribution is 5.95. The molecule has 1 atom stereocenters. The van der Waals surface area contributed by atoms with Crippen LogP contribution in [0.25, 0.3) is 0 Å². The molecule has 0 aliphatic rings. The lowest BCUT2D eigenvalue weighted by Gasteiger charge is -2.13. The van der Waals surface area contributed by atoms with Gasteiger partial charge in [-0.3, -0.25) is 9.59 Å². The largest absolute Gasteiger partial charge is 0.457 e. The number of benzene rings is 2. The van der Waals surface area contributed by atoms with Gasteiger partial charge >= 0.3 is 0 Å². The first-order valence-corrected chi connectivity index (χ1v) is 7.56. The first-order valence-electron chi connectivity index (χ1n) is 7.56. The summed E-state index contributed by atoms with van der Waals surface area (Å²) >= 11 is 0. The van der Waals surface area contributed by atoms with E-state index < -0.39 is 0 Å². The van der Waals surface area contributed by atoms with E-state index in [1.165, 1.54) is 6.92 Å². The van der Waals surface area contributed by atoms with E-state index >= 15 is 0 Å². The Morgan fingerprint density at radius 3 is 2.50 bits per heavy atom. The van der Waals surface area contributed by atoms with Crippen LogP contribution in [0.1, 0.15) is 36.2 Å². The Kier molecular flexibility index (Phi) is 5.69. The van der Waals surface area contributed by atoms with Gasteiger partial charge in [-0.25, -0.2) is 0 Å². The summed E-state index contributed by atoms with van der Waals surface area (Å²) in [4.78, 5) is 23.3. The zero-order valence-electron chi connectivity index (χ0n) is 13.6. The Morgan fingerprint density at radius 1 is 1.17 bits per heavy atom. The van der Waals surface area contributed by atoms with Crippen LogP contribution in [0.15, 0.2) is 48.5 Å². The normalized spacial score (nSPS) is 11.2. The van der Waals surface area contributed by atoms with E-state index in [0.29, 0.717) is 29.0 Å². The van der Waals surface area contributed by atoms with Crippen molar-refractivity contribution in [3.8, 4) is 17.6 Å². The number of ether oxygens (including phenoxy) is 1. The third-order valence-electron chi connectivity index (χ3n) is 3.29. The molecule has 0 aliphatic carbocycles. The van der Waals surface area contributed by atoms with Crippen molar-refractivity contribution >= 4 is 11.7 Å². The standard InChI is InChI=1S/C19H18N2O3/c1-13(10-14(2)22)21-19(23)16-4-3-5-18(11-16)24-17-8-6-15(12-20)7-9-17/h3-9,11,13H,10H2,1-2H3,(H,21,23)/t13-/m1/s1. The summed E-state index contributed by atoms with van der Waals surface area (Å²) in [6, 6.07) is 15.3. The Bertz CT molecular complexity index is 776. The number of amides is 1. The molecule has 2 aromatic rings. The second-order valence-corrected chi connectivity index (χ2v) is 5.55. The van der Waals surface area contributed by atoms with E-state index in [9.17, 15) is 9.59 Å². The zero-order chi connectivity index (χ0) is 17.5. The molecule has 0 aliphatic heterocycles. The smallest absolute Gasteiger partial charge is 0.251 e. The predicted molar refractivity (Wildman–Crippen MR) is 89.9 cm³/mol. The summed E-state index contributed by atoms with van der Waals surface area (Å²) in [5, 5.41) is 11.6. The summed E-state index contributed by atoms with van der Waals surface area (Å²) in [7, 11) is 0. The maximum Gasteiger partial charge on any atom is 0.251 e. The first kappa shape index (κ1) is 17.2. The minimum absolute atomic E-state index is 0.0284. The highest BCUT2D eigenvalue weighted by Crippen LogP contribution is 2.22. The maximum absolute atomic E-state index is 12.2. The Hall–Kier alpha value is -3.13. The van der Waals surface area contributed by atoms with Crippen LogP contribution >= 0.6 is 0 Å². The number of rotatable bonds is 6. The lowest BCUT2D eigenvalue weighted by molar-refractivity contribution is -0.117. The molecule has 0 spiro atoms. The third kappa shape index (κ3) is 4.96. The van der Waals surface area contributed by atoms with Crippen LogP contribution in [0, 0.1) is 11.3 Å². The number of ketones is 1. The topological polar surface area (TPSA) is 79.2 Å². The average Bonchev–Trinajstić information content (AvgIpc) is 2.55. The Labute approximate surface area is 140 Å². The molecule has 5 nitrogen and oxygen atoms in total. The molecule has 0 unspecified atom stereocenters. The van der Waals surface area contributed by atoms with Crippen LogP contribution in [0.4, 0.5) is 0 Å². The number of nitrogens with zero attached hydrogens (tertiary/aromatic N) is 1. The fraction of sp³-hybridized carbons (Fsp3) is 0.211. The number of hydrogen-bond donors (Lipinski definition) is 1. The van der Waals surface area contributed by atoms with Gasteiger partial charge in [0.1, 0.15) is 17.3 Å². The van der Waals surface area contributed by atoms with E-state index in [2.05, 4.69) is 5.32 Å². The molecule has 0 saturated carbocycles. The molecule has 0 radical (unpaired) electrons. The van der Waals surface area contributed by atoms with Crippen molar-refractivity contribution < 1.29 is 14.3 Å². The van der Waals surface area contributed by atoms with Crippen LogP contribution in [-0.2, 0) is 4.79 Å². The molecule has 0 fully saturated rings. The lowest BCUT2D eigenvalue weighted by atomic mass is 10.1. The van der Waals surface area contributed by atoms with Crippen LogP contribution in [0.5, 0.6) is 11.5 Å². The molecule has 0 aromatic heterocycles. The van der Waals surface area contributed by atoms with Crippen LogP contribution in [0.2, 0.25) is 0 Å². The van der Waals surface area contributed by atoms with E-state index in [0.717, 1.165) is 0 Å². The van der Waals surface area contributed by atoms with Gasteiger partial charge in [0, 0.05) is 18.0 Å². The van der Waals surface area contributed by atoms with Gasteiger partial charge in [-0.15, -0.1) is 0 Å². The van der Waals surface area contributed by atoms with Crippen molar-refractivity contribution in [2.75, 3.05) is 0 Å². The van der Waals surface area contributed by atoms with Crippen molar-refractivity contribution in [3.63, 3.8) is 0 Å². The first-order chi connectivity index (χ1) is 11.5. The summed E-state index contributed by atoms with van der Waals surface area (Å²) < 4.78 is 5.69. The number of hydrogen-bond acceptors (Lipinski definition) is 4. The average molecular weight is 322 g/mol. The molecule has 0 heterocycles. The molecule has 122 valence electrons. The summed E-state index contributed by atoms with van der Waals surface area (Å²) in [6.07, 6.45) is 0.299. The highest BCUT2D eigenvalue weighted by atomic mass is 16.5. The van der Waals surface area contributed by atoms with Crippen molar-refractivity contribution in [2.24, 2.45) is 0 Å². The quantitative estimate of drug-likeness (QED) is 0.883. The van der Waals surface area contributed by atoms with Crippen molar-refractivity contribution in [1.29, 1.82) is 5.26 Å². The van der Waals surface area contributed by atoms with E-state index in [1.54, 1.807) is 55.5 Å². The number of carbonyl (C=O) groups is 2. The fourth-order valence-corrected chi connectivity index (χ4v) is 2.22. The summed E-state index contributed by atoms with van der Waals surface area (Å²) in [5.41, 5.74) is 1.01. The van der Waals surface area contributed by atoms with Gasteiger partial charge in [0.25, 0.3) is 5.91 Å². The van der Waals surface area contributed by atoms with E-state index in [1.807, 2.05) is 6.07 Å². The van der Waals surface area contributed by atoms with Gasteiger partial charge in [-0.05, 0) is 56.3 Å². The van der Waals surface area contributed by atoms with Gasteiger partial charge < -0.3 is 10.1 Å². The predicted octanol–water partition coefficient (Wildman–Crippen LogP) is 3.45. The van der Waals surface area contributed by atoms with Crippen molar-refractivity contribution in [2.45, 2.75) is 26.3 Å². The van der Waals surface area contributed by atoms with Gasteiger partial charge in [-0.1, -0.05) is 6.07 Å². The minimum atomic E-state index is -0.256. The fourth-order valence-electron chi connectivity index (χ4n) is 2.22. The molecule has 24 heavy (non-hydrogen) atoms. The van der Waals surface area contributed by atoms with E-state index in [4.69, 9.17) is 10.00 Å². The van der Waals surface area contributed by atoms with Crippen molar-refractivity contribution in [1.82, 2.24) is 5.32 Å². The Balaban J connectivity index is 2.06. The van der Waals surface area contributed by atoms with Gasteiger partial charge in [0.2, 0.25) is 0 Å². The number of Topliss-reactive ketones (excluding diaryl/α,β-unsaturated/α-hetero) is 1. The maximum atomic E-state index is 12.2. The molecule has 2 rings (SSSR count). The van der Waals surface area contributed by atoms with Crippen LogP contribution < -0.4 is 10.1 Å². The monoisotopic (exact) mass is 322 g/mol. The molecule has 0 saturated heterocycles. The summed E-state index contributed by atoms with van der Waals surface area (Å²) in [6.45, 7) is 3.28. The number of nitrogens with one attached hydrogen (secondary N) is 1. The van der Waals surface area contributed by atoms with Gasteiger partial charge in [-0.2, -0.15) is 5.26 Å². The van der Waals surface area contributed by atoms with Gasteiger partial charge in [0.15, 0.2) is 0 Å². The van der Waals surface area contributed by atoms with Gasteiger partial charge in [0.05, 0.1) is 11.6 Å². The minimum Gasteiger partial charge on any atom is -0.457 e. The SMILES string of the molecule is CC(=O)C[C@@H](C)NC(=O)c1cccc(Oc2ccc(C#N)cc2)c1. The molecule has 2 aromatic carbocycles. The van der Waals surface area contributed by atoms with Crippen LogP contribution in [-0.4, -0.2) is 17.7 Å². The summed E-state index contributed by atoms with van der Waals surface area (Å²) in [5.74, 6) is 0.873. The molecule has 1 amide bonds. The molecule has 1 N–H and O–H groups in total. The number of carbonyl (C=O) groups excluding carboxylic acids is 2. The second-order valence-electron chi connectivity index (χ2n) is 5.55. The molecular weight excluding hydrogens is 304 g/mol. The zero-order valence-corrected chi connectivity index (χ0v) is 13.6. The molecule has 5 heteroatoms. The second kappa shape index (κ2) is 7.93. The highest BCUT2D eigenvalue weighted by Gasteiger charge is 2.12. The third-order valence-corrected chi connectivity index (χ3v) is 3.29. The lowest BCUT2D eigenvalue weighted by Crippen LogP contribution is -2.33. The number of nitriles is 1. The van der Waals surface area contributed by atoms with Crippen molar-refractivity contribution in [3.05, 3.63) is 59.7 Å². The molecule has 0 bridgehead atoms. The Morgan fingerprint density at radius 2 is 1.88 bits per heavy atom. The van der Waals surface area contributed by atoms with Crippen LogP contribution in [0.3, 0.4) is 0 Å². The molecular formula is C19H18N2O3. The van der Waals surface area contributed by atoms with E-state index in [-0.39, 0.29) is 17.7 Å².